The standard InChI is InChI=1S/C9H11F3N2O3/c1-15-13-6-16-14-7-3-2-4-8(5-7)17-9(10,11)12/h2-5,13-14H,6H2,1H3. The Kier molecular flexibility index (Phi) is 5.01. The van der Waals surface area contributed by atoms with Gasteiger partial charge in [-0.1, -0.05) is 6.07 Å². The topological polar surface area (TPSA) is 51.8 Å². The maximum atomic E-state index is 11.9. The van der Waals surface area contributed by atoms with Crippen LogP contribution in [-0.2, 0) is 9.68 Å². The molecular weight excluding hydrogens is 241 g/mol. The molecule has 0 aliphatic heterocycles. The predicted molar refractivity (Wildman–Crippen MR) is 52.8 cm³/mol. The van der Waals surface area contributed by atoms with Gasteiger partial charge >= 0.3 is 6.36 Å². The predicted octanol–water partition coefficient (Wildman–Crippen LogP) is 2.04. The third kappa shape index (κ3) is 5.95. The largest absolute Gasteiger partial charge is 0.573 e. The van der Waals surface area contributed by atoms with Crippen molar-refractivity contribution in [1.29, 1.82) is 0 Å². The van der Waals surface area contributed by atoms with E-state index in [9.17, 15) is 13.2 Å². The van der Waals surface area contributed by atoms with Crippen molar-refractivity contribution in [1.82, 2.24) is 5.48 Å². The van der Waals surface area contributed by atoms with Crippen molar-refractivity contribution < 1.29 is 27.6 Å². The highest BCUT2D eigenvalue weighted by molar-refractivity contribution is 5.46. The number of rotatable bonds is 6. The van der Waals surface area contributed by atoms with Gasteiger partial charge < -0.3 is 9.57 Å². The van der Waals surface area contributed by atoms with Gasteiger partial charge in [-0.2, -0.15) is 5.48 Å². The first-order valence-electron chi connectivity index (χ1n) is 4.51. The zero-order valence-electron chi connectivity index (χ0n) is 8.88. The van der Waals surface area contributed by atoms with E-state index in [4.69, 9.17) is 4.84 Å². The molecule has 1 rings (SSSR count). The lowest BCUT2D eigenvalue weighted by atomic mass is 10.3. The van der Waals surface area contributed by atoms with E-state index < -0.39 is 6.36 Å². The van der Waals surface area contributed by atoms with Crippen LogP contribution in [0.4, 0.5) is 18.9 Å². The maximum absolute atomic E-state index is 11.9. The molecular formula is C9H11F3N2O3. The molecule has 17 heavy (non-hydrogen) atoms. The number of hydrogen-bond donors (Lipinski definition) is 2. The highest BCUT2D eigenvalue weighted by Crippen LogP contribution is 2.24. The quantitative estimate of drug-likeness (QED) is 0.461. The van der Waals surface area contributed by atoms with Crippen LogP contribution in [0.3, 0.4) is 0 Å². The number of benzene rings is 1. The minimum Gasteiger partial charge on any atom is -0.406 e. The van der Waals surface area contributed by atoms with Gasteiger partial charge in [0, 0.05) is 6.07 Å². The number of anilines is 1. The van der Waals surface area contributed by atoms with Crippen LogP contribution >= 0.6 is 0 Å². The summed E-state index contributed by atoms with van der Waals surface area (Å²) in [7, 11) is 1.40. The Morgan fingerprint density at radius 2 is 2.06 bits per heavy atom. The van der Waals surface area contributed by atoms with Gasteiger partial charge in [0.1, 0.15) is 12.5 Å². The molecule has 0 heterocycles. The summed E-state index contributed by atoms with van der Waals surface area (Å²) in [6.07, 6.45) is -4.71. The summed E-state index contributed by atoms with van der Waals surface area (Å²) in [6.45, 7) is 0.0286. The Morgan fingerprint density at radius 3 is 2.71 bits per heavy atom. The van der Waals surface area contributed by atoms with Crippen LogP contribution in [0.15, 0.2) is 24.3 Å². The van der Waals surface area contributed by atoms with E-state index in [0.29, 0.717) is 5.69 Å². The third-order valence-corrected chi connectivity index (χ3v) is 1.53. The van der Waals surface area contributed by atoms with Crippen LogP contribution < -0.4 is 15.7 Å². The average molecular weight is 252 g/mol. The van der Waals surface area contributed by atoms with E-state index in [2.05, 4.69) is 20.5 Å². The lowest BCUT2D eigenvalue weighted by Gasteiger charge is -2.11. The van der Waals surface area contributed by atoms with Crippen molar-refractivity contribution in [3.8, 4) is 5.75 Å². The molecule has 5 nitrogen and oxygen atoms in total. The number of nitrogens with one attached hydrogen (secondary N) is 2. The van der Waals surface area contributed by atoms with Gasteiger partial charge in [0.2, 0.25) is 0 Å². The van der Waals surface area contributed by atoms with Crippen molar-refractivity contribution in [3.05, 3.63) is 24.3 Å². The van der Waals surface area contributed by atoms with E-state index >= 15 is 0 Å². The van der Waals surface area contributed by atoms with E-state index in [-0.39, 0.29) is 12.5 Å². The molecule has 2 N–H and O–H groups in total. The molecule has 0 radical (unpaired) electrons. The van der Waals surface area contributed by atoms with E-state index in [1.807, 2.05) is 0 Å². The van der Waals surface area contributed by atoms with Crippen LogP contribution in [0.25, 0.3) is 0 Å². The second-order valence-electron chi connectivity index (χ2n) is 2.81. The maximum Gasteiger partial charge on any atom is 0.573 e. The van der Waals surface area contributed by atoms with Gasteiger partial charge in [0.05, 0.1) is 12.8 Å². The summed E-state index contributed by atoms with van der Waals surface area (Å²) < 4.78 is 39.5. The van der Waals surface area contributed by atoms with Gasteiger partial charge in [-0.25, -0.2) is 0 Å². The Hall–Kier alpha value is -1.51. The number of ether oxygens (including phenoxy) is 1. The van der Waals surface area contributed by atoms with Crippen molar-refractivity contribution in [3.63, 3.8) is 0 Å². The zero-order chi connectivity index (χ0) is 12.7. The first-order chi connectivity index (χ1) is 8.01. The van der Waals surface area contributed by atoms with Gasteiger partial charge in [-0.15, -0.1) is 13.2 Å². The van der Waals surface area contributed by atoms with E-state index in [1.165, 1.54) is 25.3 Å². The van der Waals surface area contributed by atoms with Crippen LogP contribution in [0, 0.1) is 0 Å². The molecule has 0 unspecified atom stereocenters. The number of hydrogen-bond acceptors (Lipinski definition) is 5. The highest BCUT2D eigenvalue weighted by atomic mass is 19.4. The van der Waals surface area contributed by atoms with Crippen molar-refractivity contribution in [2.24, 2.45) is 0 Å². The molecule has 0 spiro atoms. The monoisotopic (exact) mass is 252 g/mol. The normalized spacial score (nSPS) is 11.3. The van der Waals surface area contributed by atoms with Crippen LogP contribution in [0.1, 0.15) is 0 Å². The smallest absolute Gasteiger partial charge is 0.406 e. The van der Waals surface area contributed by atoms with Gasteiger partial charge in [-0.05, 0) is 12.1 Å². The Balaban J connectivity index is 2.48. The lowest BCUT2D eigenvalue weighted by Crippen LogP contribution is -2.19. The molecule has 0 aromatic heterocycles. The summed E-state index contributed by atoms with van der Waals surface area (Å²) in [4.78, 5) is 9.30. The summed E-state index contributed by atoms with van der Waals surface area (Å²) in [6, 6.07) is 5.26. The molecule has 0 saturated heterocycles. The zero-order valence-corrected chi connectivity index (χ0v) is 8.88. The Morgan fingerprint density at radius 1 is 1.29 bits per heavy atom. The molecule has 0 bridgehead atoms. The number of halogens is 3. The number of hydroxylamine groups is 1. The Bertz CT molecular complexity index is 347. The summed E-state index contributed by atoms with van der Waals surface area (Å²) in [5, 5.41) is 0. The molecule has 1 aromatic rings. The molecule has 96 valence electrons. The van der Waals surface area contributed by atoms with Gasteiger partial charge in [0.25, 0.3) is 0 Å². The number of alkyl halides is 3. The molecule has 0 aliphatic rings. The van der Waals surface area contributed by atoms with Crippen LogP contribution in [0.5, 0.6) is 5.75 Å². The fourth-order valence-electron chi connectivity index (χ4n) is 0.965. The average Bonchev–Trinajstić information content (AvgIpc) is 2.23. The molecule has 0 fully saturated rings. The van der Waals surface area contributed by atoms with Crippen LogP contribution in [-0.4, -0.2) is 20.2 Å². The fraction of sp³-hybridized carbons (Fsp3) is 0.333. The molecule has 0 saturated carbocycles. The second-order valence-corrected chi connectivity index (χ2v) is 2.81. The van der Waals surface area contributed by atoms with Crippen LogP contribution in [0.2, 0.25) is 0 Å². The SMILES string of the molecule is CONCONc1cccc(OC(F)(F)F)c1. The highest BCUT2D eigenvalue weighted by Gasteiger charge is 2.31. The van der Waals surface area contributed by atoms with Gasteiger partial charge in [0.15, 0.2) is 0 Å². The van der Waals surface area contributed by atoms with E-state index in [1.54, 1.807) is 0 Å². The summed E-state index contributed by atoms with van der Waals surface area (Å²) >= 11 is 0. The second kappa shape index (κ2) is 6.28. The molecule has 0 amide bonds. The Labute approximate surface area is 95.4 Å². The van der Waals surface area contributed by atoms with Crippen molar-refractivity contribution >= 4 is 5.69 Å². The van der Waals surface area contributed by atoms with Crippen molar-refractivity contribution in [2.75, 3.05) is 19.3 Å². The lowest BCUT2D eigenvalue weighted by molar-refractivity contribution is -0.274. The molecule has 0 aliphatic carbocycles. The minimum atomic E-state index is -4.71. The first kappa shape index (κ1) is 13.6. The first-order valence-corrected chi connectivity index (χ1v) is 4.51. The summed E-state index contributed by atoms with van der Waals surface area (Å²) in [5.74, 6) is -0.328. The fourth-order valence-corrected chi connectivity index (χ4v) is 0.965. The van der Waals surface area contributed by atoms with Crippen molar-refractivity contribution in [2.45, 2.75) is 6.36 Å². The molecule has 1 aromatic carbocycles. The molecule has 8 heteroatoms. The minimum absolute atomic E-state index is 0.0286. The van der Waals surface area contributed by atoms with E-state index in [0.717, 1.165) is 6.07 Å². The molecule has 0 atom stereocenters. The summed E-state index contributed by atoms with van der Waals surface area (Å²) in [5.41, 5.74) is 5.11. The van der Waals surface area contributed by atoms with Gasteiger partial charge in [-0.3, -0.25) is 10.3 Å². The third-order valence-electron chi connectivity index (χ3n) is 1.53.